The van der Waals surface area contributed by atoms with E-state index in [1.54, 1.807) is 6.07 Å². The molecule has 0 fully saturated rings. The van der Waals surface area contributed by atoms with Gasteiger partial charge in [-0.05, 0) is 37.0 Å². The first-order valence-corrected chi connectivity index (χ1v) is 5.96. The van der Waals surface area contributed by atoms with E-state index in [-0.39, 0.29) is 0 Å². The molecule has 2 nitrogen and oxygen atoms in total. The predicted octanol–water partition coefficient (Wildman–Crippen LogP) is 2.92. The molecule has 0 bridgehead atoms. The van der Waals surface area contributed by atoms with Gasteiger partial charge in [-0.2, -0.15) is 0 Å². The fourth-order valence-electron chi connectivity index (χ4n) is 1.44. The zero-order valence-electron chi connectivity index (χ0n) is 8.62. The van der Waals surface area contributed by atoms with Crippen LogP contribution in [0.3, 0.4) is 0 Å². The molecular weight excluding hydrogens is 196 g/mol. The second kappa shape index (κ2) is 5.27. The molecule has 0 saturated carbocycles. The molecule has 1 unspecified atom stereocenters. The number of unbranched alkanes of at least 4 members (excludes halogenated alkanes) is 1. The van der Waals surface area contributed by atoms with Gasteiger partial charge in [0.05, 0.1) is 4.90 Å². The molecule has 1 N–H and O–H groups in total. The molecule has 78 valence electrons. The average Bonchev–Trinajstić information content (AvgIpc) is 2.14. The molecule has 0 amide bonds. The van der Waals surface area contributed by atoms with Crippen molar-refractivity contribution in [3.63, 3.8) is 0 Å². The van der Waals surface area contributed by atoms with Gasteiger partial charge in [0.25, 0.3) is 0 Å². The largest absolute Gasteiger partial charge is 0.302 e. The molecule has 0 heterocycles. The Morgan fingerprint density at radius 3 is 2.64 bits per heavy atom. The molecule has 1 atom stereocenters. The monoisotopic (exact) mass is 212 g/mol. The molecule has 1 rings (SSSR count). The smallest absolute Gasteiger partial charge is 0.186 e. The van der Waals surface area contributed by atoms with Crippen molar-refractivity contribution in [2.45, 2.75) is 38.0 Å². The molecule has 0 aliphatic carbocycles. The van der Waals surface area contributed by atoms with Gasteiger partial charge in [-0.15, -0.1) is 0 Å². The highest BCUT2D eigenvalue weighted by Crippen LogP contribution is 2.15. The van der Waals surface area contributed by atoms with Crippen LogP contribution < -0.4 is 0 Å². The number of rotatable bonds is 4. The Hall–Kier alpha value is -0.670. The normalized spacial score (nSPS) is 12.8. The van der Waals surface area contributed by atoms with Crippen LogP contribution in [0.2, 0.25) is 0 Å². The van der Waals surface area contributed by atoms with Gasteiger partial charge in [-0.3, -0.25) is 0 Å². The quantitative estimate of drug-likeness (QED) is 0.779. The zero-order chi connectivity index (χ0) is 10.6. The molecule has 0 aromatic heterocycles. The number of hydrogen-bond acceptors (Lipinski definition) is 1. The maximum Gasteiger partial charge on any atom is 0.186 e. The van der Waals surface area contributed by atoms with Gasteiger partial charge in [-0.25, -0.2) is 4.21 Å². The summed E-state index contributed by atoms with van der Waals surface area (Å²) in [4.78, 5) is 0.519. The third-order valence-corrected chi connectivity index (χ3v) is 3.08. The highest BCUT2D eigenvalue weighted by Gasteiger charge is 2.04. The van der Waals surface area contributed by atoms with Gasteiger partial charge in [0, 0.05) is 0 Å². The number of benzene rings is 1. The molecule has 0 saturated heterocycles. The standard InChI is InChI=1S/C11H16O2S/c1-3-4-5-10-6-7-11(14(12)13)9(2)8-10/h6-8H,3-5H2,1-2H3,(H,12,13). The molecule has 14 heavy (non-hydrogen) atoms. The van der Waals surface area contributed by atoms with Crippen molar-refractivity contribution in [2.24, 2.45) is 0 Å². The van der Waals surface area contributed by atoms with E-state index in [0.29, 0.717) is 4.90 Å². The van der Waals surface area contributed by atoms with E-state index < -0.39 is 11.1 Å². The van der Waals surface area contributed by atoms with E-state index in [9.17, 15) is 4.21 Å². The molecular formula is C11H16O2S. The summed E-state index contributed by atoms with van der Waals surface area (Å²) in [7, 11) is 0. The first-order chi connectivity index (χ1) is 6.65. The summed E-state index contributed by atoms with van der Waals surface area (Å²) in [6.07, 6.45) is 3.39. The van der Waals surface area contributed by atoms with E-state index >= 15 is 0 Å². The maximum atomic E-state index is 10.9. The Morgan fingerprint density at radius 2 is 2.14 bits per heavy atom. The van der Waals surface area contributed by atoms with Crippen LogP contribution in [-0.2, 0) is 17.5 Å². The molecule has 0 aliphatic rings. The molecule has 0 radical (unpaired) electrons. The lowest BCUT2D eigenvalue weighted by molar-refractivity contribution is 0.563. The van der Waals surface area contributed by atoms with Crippen LogP contribution in [0.5, 0.6) is 0 Å². The summed E-state index contributed by atoms with van der Waals surface area (Å²) in [6.45, 7) is 4.03. The van der Waals surface area contributed by atoms with Crippen LogP contribution in [0.1, 0.15) is 30.9 Å². The van der Waals surface area contributed by atoms with Crippen LogP contribution in [0.15, 0.2) is 23.1 Å². The van der Waals surface area contributed by atoms with Crippen molar-refractivity contribution in [1.29, 1.82) is 0 Å². The minimum absolute atomic E-state index is 0.519. The Morgan fingerprint density at radius 1 is 1.43 bits per heavy atom. The minimum atomic E-state index is -1.85. The summed E-state index contributed by atoms with van der Waals surface area (Å²) in [6, 6.07) is 5.68. The highest BCUT2D eigenvalue weighted by atomic mass is 32.2. The van der Waals surface area contributed by atoms with Gasteiger partial charge in [0.1, 0.15) is 0 Å². The topological polar surface area (TPSA) is 37.3 Å². The van der Waals surface area contributed by atoms with Gasteiger partial charge < -0.3 is 4.55 Å². The second-order valence-electron chi connectivity index (χ2n) is 3.45. The first-order valence-electron chi connectivity index (χ1n) is 4.85. The van der Waals surface area contributed by atoms with Crippen LogP contribution in [0, 0.1) is 6.92 Å². The molecule has 1 aromatic rings. The summed E-state index contributed by atoms with van der Waals surface area (Å²) >= 11 is -1.85. The molecule has 3 heteroatoms. The Balaban J connectivity index is 2.83. The van der Waals surface area contributed by atoms with Crippen LogP contribution >= 0.6 is 0 Å². The van der Waals surface area contributed by atoms with Gasteiger partial charge in [0.2, 0.25) is 0 Å². The van der Waals surface area contributed by atoms with Crippen molar-refractivity contribution in [3.05, 3.63) is 29.3 Å². The van der Waals surface area contributed by atoms with E-state index in [1.165, 1.54) is 18.4 Å². The SMILES string of the molecule is CCCCc1ccc(S(=O)O)c(C)c1. The van der Waals surface area contributed by atoms with Crippen LogP contribution in [0.4, 0.5) is 0 Å². The number of hydrogen-bond donors (Lipinski definition) is 1. The van der Waals surface area contributed by atoms with Gasteiger partial charge in [0.15, 0.2) is 11.1 Å². The molecule has 1 aromatic carbocycles. The predicted molar refractivity (Wildman–Crippen MR) is 58.8 cm³/mol. The van der Waals surface area contributed by atoms with Crippen LogP contribution in [0.25, 0.3) is 0 Å². The van der Waals surface area contributed by atoms with Gasteiger partial charge >= 0.3 is 0 Å². The third-order valence-electron chi connectivity index (χ3n) is 2.25. The Labute approximate surface area is 87.6 Å². The summed E-state index contributed by atoms with van der Waals surface area (Å²) < 4.78 is 19.8. The van der Waals surface area contributed by atoms with E-state index in [0.717, 1.165) is 12.0 Å². The second-order valence-corrected chi connectivity index (χ2v) is 4.39. The maximum absolute atomic E-state index is 10.9. The van der Waals surface area contributed by atoms with Crippen molar-refractivity contribution in [1.82, 2.24) is 0 Å². The average molecular weight is 212 g/mol. The van der Waals surface area contributed by atoms with Crippen molar-refractivity contribution < 1.29 is 8.76 Å². The highest BCUT2D eigenvalue weighted by molar-refractivity contribution is 7.79. The zero-order valence-corrected chi connectivity index (χ0v) is 9.43. The lowest BCUT2D eigenvalue weighted by atomic mass is 10.1. The lowest BCUT2D eigenvalue weighted by Crippen LogP contribution is -1.94. The fourth-order valence-corrected chi connectivity index (χ4v) is 1.96. The summed E-state index contributed by atoms with van der Waals surface area (Å²) in [5.74, 6) is 0. The first kappa shape index (κ1) is 11.4. The fraction of sp³-hybridized carbons (Fsp3) is 0.455. The van der Waals surface area contributed by atoms with Crippen molar-refractivity contribution in [2.75, 3.05) is 0 Å². The Kier molecular flexibility index (Phi) is 4.29. The summed E-state index contributed by atoms with van der Waals surface area (Å²) in [5, 5.41) is 0. The van der Waals surface area contributed by atoms with Crippen LogP contribution in [-0.4, -0.2) is 8.76 Å². The third kappa shape index (κ3) is 2.93. The van der Waals surface area contributed by atoms with Crippen molar-refractivity contribution in [3.8, 4) is 0 Å². The van der Waals surface area contributed by atoms with Crippen molar-refractivity contribution >= 4 is 11.1 Å². The van der Waals surface area contributed by atoms with E-state index in [2.05, 4.69) is 6.92 Å². The van der Waals surface area contributed by atoms with E-state index in [4.69, 9.17) is 4.55 Å². The molecule has 0 spiro atoms. The lowest BCUT2D eigenvalue weighted by Gasteiger charge is -2.04. The summed E-state index contributed by atoms with van der Waals surface area (Å²) in [5.41, 5.74) is 2.15. The minimum Gasteiger partial charge on any atom is -0.302 e. The Bertz CT molecular complexity index is 334. The molecule has 0 aliphatic heterocycles. The van der Waals surface area contributed by atoms with E-state index in [1.807, 2.05) is 19.1 Å². The van der Waals surface area contributed by atoms with Gasteiger partial charge in [-0.1, -0.05) is 25.5 Å². The number of aryl methyl sites for hydroxylation is 2.